The molecule has 0 radical (unpaired) electrons. The lowest BCUT2D eigenvalue weighted by Crippen LogP contribution is -2.14. The Morgan fingerprint density at radius 1 is 1.13 bits per heavy atom. The molecule has 0 fully saturated rings. The van der Waals surface area contributed by atoms with Crippen molar-refractivity contribution in [2.45, 2.75) is 4.90 Å². The van der Waals surface area contributed by atoms with Crippen molar-refractivity contribution >= 4 is 33.4 Å². The molecule has 0 aliphatic carbocycles. The Kier molecular flexibility index (Phi) is 5.88. The Balaban J connectivity index is 1.76. The van der Waals surface area contributed by atoms with Crippen molar-refractivity contribution in [3.8, 4) is 11.6 Å². The summed E-state index contributed by atoms with van der Waals surface area (Å²) in [5.41, 5.74) is 0.341. The number of nitrogens with zero attached hydrogens (tertiary/aromatic N) is 4. The van der Waals surface area contributed by atoms with Gasteiger partial charge in [-0.1, -0.05) is 0 Å². The fourth-order valence-corrected chi connectivity index (χ4v) is 3.29. The van der Waals surface area contributed by atoms with E-state index in [2.05, 4.69) is 19.9 Å². The quantitative estimate of drug-likeness (QED) is 0.330. The van der Waals surface area contributed by atoms with Gasteiger partial charge in [-0.2, -0.15) is 0 Å². The van der Waals surface area contributed by atoms with Crippen LogP contribution in [0.25, 0.3) is 0 Å². The van der Waals surface area contributed by atoms with Crippen LogP contribution >= 0.6 is 0 Å². The zero-order valence-electron chi connectivity index (χ0n) is 15.5. The second-order valence-electron chi connectivity index (χ2n) is 5.82. The molecule has 0 atom stereocenters. The Bertz CT molecular complexity index is 1190. The molecule has 0 bridgehead atoms. The summed E-state index contributed by atoms with van der Waals surface area (Å²) < 4.78 is 32.1. The number of ether oxygens (including phenoxy) is 1. The number of phenolic OH excluding ortho intramolecular Hbond substituents is 1. The van der Waals surface area contributed by atoms with E-state index < -0.39 is 14.9 Å². The minimum atomic E-state index is -3.90. The third kappa shape index (κ3) is 4.86. The Hall–Kier alpha value is -4.06. The molecule has 154 valence electrons. The van der Waals surface area contributed by atoms with Gasteiger partial charge in [0, 0.05) is 30.0 Å². The van der Waals surface area contributed by atoms with Gasteiger partial charge in [0.25, 0.3) is 15.7 Å². The van der Waals surface area contributed by atoms with E-state index in [-0.39, 0.29) is 33.6 Å². The highest BCUT2D eigenvalue weighted by Gasteiger charge is 2.15. The zero-order valence-corrected chi connectivity index (χ0v) is 16.3. The van der Waals surface area contributed by atoms with Crippen LogP contribution in [0.15, 0.2) is 64.5 Å². The predicted octanol–water partition coefficient (Wildman–Crippen LogP) is 2.65. The number of benzene rings is 2. The Labute approximate surface area is 170 Å². The van der Waals surface area contributed by atoms with Crippen molar-refractivity contribution < 1.29 is 23.2 Å². The average Bonchev–Trinajstić information content (AvgIpc) is 2.73. The van der Waals surface area contributed by atoms with E-state index in [9.17, 15) is 23.6 Å². The van der Waals surface area contributed by atoms with Crippen LogP contribution in [0, 0.1) is 10.1 Å². The summed E-state index contributed by atoms with van der Waals surface area (Å²) in [7, 11) is -2.48. The van der Waals surface area contributed by atoms with Crippen LogP contribution in [0.4, 0.5) is 17.2 Å². The molecule has 3 aromatic rings. The number of nitrogens with one attached hydrogen (secondary N) is 1. The van der Waals surface area contributed by atoms with E-state index in [0.717, 1.165) is 0 Å². The minimum Gasteiger partial charge on any atom is -0.507 e. The van der Waals surface area contributed by atoms with E-state index in [4.69, 9.17) is 4.74 Å². The van der Waals surface area contributed by atoms with Gasteiger partial charge < -0.3 is 9.84 Å². The molecule has 1 aromatic heterocycles. The Morgan fingerprint density at radius 2 is 1.87 bits per heavy atom. The van der Waals surface area contributed by atoms with Crippen LogP contribution < -0.4 is 9.46 Å². The van der Waals surface area contributed by atoms with Crippen molar-refractivity contribution in [2.75, 3.05) is 11.8 Å². The number of nitro groups is 1. The summed E-state index contributed by atoms with van der Waals surface area (Å²) in [5.74, 6) is 0.0994. The molecule has 3 rings (SSSR count). The summed E-state index contributed by atoms with van der Waals surface area (Å²) in [6.07, 6.45) is 1.25. The van der Waals surface area contributed by atoms with E-state index in [0.29, 0.717) is 5.69 Å². The van der Waals surface area contributed by atoms with Gasteiger partial charge in [0.05, 0.1) is 22.6 Å². The topological polar surface area (TPSA) is 157 Å². The molecular weight excluding hydrogens is 414 g/mol. The fourth-order valence-electron chi connectivity index (χ4n) is 2.29. The predicted molar refractivity (Wildman–Crippen MR) is 108 cm³/mol. The number of methoxy groups -OCH3 is 1. The van der Waals surface area contributed by atoms with E-state index in [1.165, 1.54) is 67.9 Å². The SMILES string of the molecule is COc1ccc(NS(=O)(=O)c2ccc(N=Cc3cc([N+](=O)[O-])ccc3O)cc2)nn1. The number of aromatic nitrogens is 2. The first-order chi connectivity index (χ1) is 14.3. The molecule has 30 heavy (non-hydrogen) atoms. The zero-order chi connectivity index (χ0) is 21.7. The number of anilines is 1. The number of nitro benzene ring substituents is 1. The van der Waals surface area contributed by atoms with Crippen LogP contribution in [-0.2, 0) is 10.0 Å². The number of hydrogen-bond donors (Lipinski definition) is 2. The average molecular weight is 429 g/mol. The van der Waals surface area contributed by atoms with Crippen LogP contribution in [0.5, 0.6) is 11.6 Å². The first-order valence-corrected chi connectivity index (χ1v) is 9.79. The van der Waals surface area contributed by atoms with Crippen molar-refractivity contribution in [3.05, 3.63) is 70.3 Å². The molecule has 12 heteroatoms. The first kappa shape index (κ1) is 20.7. The molecule has 0 saturated carbocycles. The van der Waals surface area contributed by atoms with Gasteiger partial charge in [-0.05, 0) is 36.4 Å². The van der Waals surface area contributed by atoms with E-state index >= 15 is 0 Å². The maximum atomic E-state index is 12.4. The van der Waals surface area contributed by atoms with Gasteiger partial charge in [-0.15, -0.1) is 10.2 Å². The highest BCUT2D eigenvalue weighted by Crippen LogP contribution is 2.23. The summed E-state index contributed by atoms with van der Waals surface area (Å²) in [5, 5.41) is 28.0. The third-order valence-electron chi connectivity index (χ3n) is 3.81. The molecule has 0 saturated heterocycles. The molecule has 0 aliphatic rings. The van der Waals surface area contributed by atoms with Crippen LogP contribution in [-0.4, -0.2) is 42.0 Å². The molecule has 1 heterocycles. The third-order valence-corrected chi connectivity index (χ3v) is 5.18. The summed E-state index contributed by atoms with van der Waals surface area (Å²) in [4.78, 5) is 14.3. The highest BCUT2D eigenvalue weighted by atomic mass is 32.2. The van der Waals surface area contributed by atoms with Crippen LogP contribution in [0.1, 0.15) is 5.56 Å². The van der Waals surface area contributed by atoms with Crippen molar-refractivity contribution in [1.82, 2.24) is 10.2 Å². The van der Waals surface area contributed by atoms with Gasteiger partial charge in [0.1, 0.15) is 5.75 Å². The molecule has 0 aliphatic heterocycles. The molecule has 0 spiro atoms. The maximum absolute atomic E-state index is 12.4. The number of sulfonamides is 1. The first-order valence-electron chi connectivity index (χ1n) is 8.30. The monoisotopic (exact) mass is 429 g/mol. The molecule has 0 unspecified atom stereocenters. The summed E-state index contributed by atoms with van der Waals surface area (Å²) in [6, 6.07) is 12.0. The summed E-state index contributed by atoms with van der Waals surface area (Å²) >= 11 is 0. The van der Waals surface area contributed by atoms with Crippen molar-refractivity contribution in [1.29, 1.82) is 0 Å². The summed E-state index contributed by atoms with van der Waals surface area (Å²) in [6.45, 7) is 0. The van der Waals surface area contributed by atoms with Gasteiger partial charge in [-0.3, -0.25) is 19.8 Å². The van der Waals surface area contributed by atoms with Crippen LogP contribution in [0.3, 0.4) is 0 Å². The highest BCUT2D eigenvalue weighted by molar-refractivity contribution is 7.92. The van der Waals surface area contributed by atoms with Gasteiger partial charge >= 0.3 is 0 Å². The second kappa shape index (κ2) is 8.53. The second-order valence-corrected chi connectivity index (χ2v) is 7.50. The molecular formula is C18H15N5O6S. The van der Waals surface area contributed by atoms with Gasteiger partial charge in [-0.25, -0.2) is 8.42 Å². The maximum Gasteiger partial charge on any atom is 0.270 e. The lowest BCUT2D eigenvalue weighted by Gasteiger charge is -2.07. The number of aliphatic imine (C=N–C) groups is 1. The fraction of sp³-hybridized carbons (Fsp3) is 0.0556. The Morgan fingerprint density at radius 3 is 2.47 bits per heavy atom. The number of aromatic hydroxyl groups is 1. The van der Waals surface area contributed by atoms with Crippen molar-refractivity contribution in [2.24, 2.45) is 4.99 Å². The number of non-ortho nitro benzene ring substituents is 1. The van der Waals surface area contributed by atoms with Gasteiger partial charge in [0.2, 0.25) is 5.88 Å². The lowest BCUT2D eigenvalue weighted by atomic mass is 10.2. The number of phenols is 1. The minimum absolute atomic E-state index is 0.0269. The largest absolute Gasteiger partial charge is 0.507 e. The van der Waals surface area contributed by atoms with Crippen LogP contribution in [0.2, 0.25) is 0 Å². The molecule has 2 aromatic carbocycles. The van der Waals surface area contributed by atoms with Gasteiger partial charge in [0.15, 0.2) is 5.82 Å². The smallest absolute Gasteiger partial charge is 0.270 e. The number of rotatable bonds is 7. The standard InChI is InChI=1S/C18H15N5O6S/c1-29-18-9-8-17(20-21-18)22-30(27,28)15-5-2-13(3-6-15)19-11-12-10-14(23(25)26)4-7-16(12)24/h2-11,24H,1H3,(H,20,22). The lowest BCUT2D eigenvalue weighted by molar-refractivity contribution is -0.384. The van der Waals surface area contributed by atoms with Crippen molar-refractivity contribution in [3.63, 3.8) is 0 Å². The molecule has 11 nitrogen and oxygen atoms in total. The number of hydrogen-bond acceptors (Lipinski definition) is 9. The molecule has 0 amide bonds. The van der Waals surface area contributed by atoms with E-state index in [1.807, 2.05) is 0 Å². The van der Waals surface area contributed by atoms with E-state index in [1.54, 1.807) is 0 Å². The normalized spacial score (nSPS) is 11.4. The molecule has 2 N–H and O–H groups in total.